The van der Waals surface area contributed by atoms with Crippen molar-refractivity contribution < 1.29 is 9.47 Å². The van der Waals surface area contributed by atoms with Crippen molar-refractivity contribution in [1.82, 2.24) is 19.7 Å². The van der Waals surface area contributed by atoms with Gasteiger partial charge in [-0.2, -0.15) is 10.1 Å². The number of nitrogens with zero attached hydrogens (tertiary/aromatic N) is 5. The Labute approximate surface area is 156 Å². The monoisotopic (exact) mass is 371 g/mol. The third kappa shape index (κ3) is 3.23. The topological polar surface area (TPSA) is 65.3 Å². The molecule has 0 unspecified atom stereocenters. The van der Waals surface area contributed by atoms with Gasteiger partial charge in [0, 0.05) is 31.0 Å². The predicted molar refractivity (Wildman–Crippen MR) is 99.2 cm³/mol. The second-order valence-electron chi connectivity index (χ2n) is 5.80. The Morgan fingerprint density at radius 1 is 1.15 bits per heavy atom. The Kier molecular flexibility index (Phi) is 4.73. The van der Waals surface area contributed by atoms with Gasteiger partial charge in [0.1, 0.15) is 5.69 Å². The van der Waals surface area contributed by atoms with Gasteiger partial charge in [0.05, 0.1) is 26.0 Å². The van der Waals surface area contributed by atoms with Crippen LogP contribution in [-0.4, -0.2) is 53.2 Å². The van der Waals surface area contributed by atoms with Crippen LogP contribution in [0.1, 0.15) is 0 Å². The van der Waals surface area contributed by atoms with Crippen LogP contribution in [0, 0.1) is 0 Å². The molecule has 0 atom stereocenters. The molecular weight excluding hydrogens is 354 g/mol. The van der Waals surface area contributed by atoms with Crippen LogP contribution in [0.2, 0.25) is 5.28 Å². The van der Waals surface area contributed by atoms with Crippen molar-refractivity contribution in [1.29, 1.82) is 0 Å². The summed E-state index contributed by atoms with van der Waals surface area (Å²) in [5, 5.41) is 4.46. The highest BCUT2D eigenvalue weighted by Crippen LogP contribution is 2.37. The molecule has 8 heteroatoms. The van der Waals surface area contributed by atoms with Crippen molar-refractivity contribution in [3.63, 3.8) is 0 Å². The molecule has 4 rings (SSSR count). The molecule has 0 radical (unpaired) electrons. The summed E-state index contributed by atoms with van der Waals surface area (Å²) in [7, 11) is 1.62. The fraction of sp³-hybridized carbons (Fsp3) is 0.278. The van der Waals surface area contributed by atoms with Crippen molar-refractivity contribution in [2.75, 3.05) is 38.3 Å². The first kappa shape index (κ1) is 16.8. The highest BCUT2D eigenvalue weighted by atomic mass is 35.5. The second kappa shape index (κ2) is 7.31. The molecule has 0 bridgehead atoms. The Morgan fingerprint density at radius 2 is 2.00 bits per heavy atom. The molecule has 0 saturated carbocycles. The Bertz CT molecular complexity index is 895. The van der Waals surface area contributed by atoms with E-state index in [0.717, 1.165) is 24.3 Å². The van der Waals surface area contributed by atoms with Gasteiger partial charge < -0.3 is 14.4 Å². The van der Waals surface area contributed by atoms with Gasteiger partial charge in [-0.25, -0.2) is 9.67 Å². The molecule has 1 saturated heterocycles. The number of morpholine rings is 1. The van der Waals surface area contributed by atoms with E-state index in [1.807, 2.05) is 36.5 Å². The molecule has 3 heterocycles. The molecule has 2 aromatic heterocycles. The van der Waals surface area contributed by atoms with Gasteiger partial charge in [-0.3, -0.25) is 0 Å². The number of ether oxygens (including phenoxy) is 2. The van der Waals surface area contributed by atoms with Crippen LogP contribution >= 0.6 is 11.6 Å². The van der Waals surface area contributed by atoms with Crippen LogP contribution in [0.4, 0.5) is 5.82 Å². The Morgan fingerprint density at radius 3 is 2.73 bits per heavy atom. The Hall–Kier alpha value is -2.64. The molecule has 26 heavy (non-hydrogen) atoms. The normalized spacial score (nSPS) is 14.5. The van der Waals surface area contributed by atoms with Crippen molar-refractivity contribution in [2.24, 2.45) is 0 Å². The lowest BCUT2D eigenvalue weighted by Gasteiger charge is -2.29. The minimum absolute atomic E-state index is 0.187. The lowest BCUT2D eigenvalue weighted by atomic mass is 10.1. The fourth-order valence-electron chi connectivity index (χ4n) is 3.00. The van der Waals surface area contributed by atoms with E-state index in [0.29, 0.717) is 30.5 Å². The predicted octanol–water partition coefficient (Wildman–Crippen LogP) is 2.83. The summed E-state index contributed by atoms with van der Waals surface area (Å²) in [5.74, 6) is 1.30. The summed E-state index contributed by atoms with van der Waals surface area (Å²) < 4.78 is 12.9. The fourth-order valence-corrected chi connectivity index (χ4v) is 3.17. The molecule has 1 aromatic carbocycles. The van der Waals surface area contributed by atoms with Crippen LogP contribution in [0.25, 0.3) is 16.9 Å². The first-order chi connectivity index (χ1) is 12.8. The highest BCUT2D eigenvalue weighted by molar-refractivity contribution is 6.28. The zero-order valence-electron chi connectivity index (χ0n) is 14.3. The van der Waals surface area contributed by atoms with Crippen LogP contribution in [0.5, 0.6) is 5.75 Å². The van der Waals surface area contributed by atoms with E-state index in [1.54, 1.807) is 18.0 Å². The number of benzene rings is 1. The SMILES string of the molecule is COc1c(-c2cccc(-n3cccn3)c2)nc(Cl)nc1N1CCOCC1. The molecule has 0 aliphatic carbocycles. The van der Waals surface area contributed by atoms with Crippen molar-refractivity contribution in [3.8, 4) is 22.7 Å². The first-order valence-electron chi connectivity index (χ1n) is 8.31. The van der Waals surface area contributed by atoms with Crippen molar-refractivity contribution in [3.05, 3.63) is 48.0 Å². The van der Waals surface area contributed by atoms with Gasteiger partial charge in [-0.1, -0.05) is 12.1 Å². The van der Waals surface area contributed by atoms with Crippen molar-refractivity contribution >= 4 is 17.4 Å². The smallest absolute Gasteiger partial charge is 0.225 e. The summed E-state index contributed by atoms with van der Waals surface area (Å²) in [6.07, 6.45) is 3.63. The van der Waals surface area contributed by atoms with Crippen molar-refractivity contribution in [2.45, 2.75) is 0 Å². The van der Waals surface area contributed by atoms with E-state index in [9.17, 15) is 0 Å². The van der Waals surface area contributed by atoms with Gasteiger partial charge in [-0.15, -0.1) is 0 Å². The minimum Gasteiger partial charge on any atom is -0.491 e. The van der Waals surface area contributed by atoms with Crippen LogP contribution in [0.3, 0.4) is 0 Å². The van der Waals surface area contributed by atoms with Crippen LogP contribution in [0.15, 0.2) is 42.7 Å². The number of hydrogen-bond acceptors (Lipinski definition) is 6. The first-order valence-corrected chi connectivity index (χ1v) is 8.69. The molecule has 0 N–H and O–H groups in total. The molecule has 1 fully saturated rings. The molecule has 134 valence electrons. The Balaban J connectivity index is 1.81. The standard InChI is InChI=1S/C18H18ClN5O2/c1-25-16-15(13-4-2-5-14(12-13)24-7-3-6-20-24)21-18(19)22-17(16)23-8-10-26-11-9-23/h2-7,12H,8-11H2,1H3. The number of hydrogen-bond donors (Lipinski definition) is 0. The maximum Gasteiger partial charge on any atom is 0.225 e. The van der Waals surface area contributed by atoms with E-state index in [4.69, 9.17) is 21.1 Å². The van der Waals surface area contributed by atoms with Gasteiger partial charge in [-0.05, 0) is 29.8 Å². The lowest BCUT2D eigenvalue weighted by molar-refractivity contribution is 0.122. The average Bonchev–Trinajstić information content (AvgIpc) is 3.23. The number of methoxy groups -OCH3 is 1. The van der Waals surface area contributed by atoms with E-state index in [-0.39, 0.29) is 5.28 Å². The summed E-state index contributed by atoms with van der Waals surface area (Å²) in [6, 6.07) is 9.78. The highest BCUT2D eigenvalue weighted by Gasteiger charge is 2.23. The summed E-state index contributed by atoms with van der Waals surface area (Å²) >= 11 is 6.23. The molecule has 1 aliphatic rings. The summed E-state index contributed by atoms with van der Waals surface area (Å²) in [4.78, 5) is 11.0. The molecule has 7 nitrogen and oxygen atoms in total. The molecular formula is C18H18ClN5O2. The largest absolute Gasteiger partial charge is 0.491 e. The number of aromatic nitrogens is 4. The minimum atomic E-state index is 0.187. The lowest BCUT2D eigenvalue weighted by Crippen LogP contribution is -2.37. The maximum absolute atomic E-state index is 6.23. The van der Waals surface area contributed by atoms with E-state index >= 15 is 0 Å². The molecule has 1 aliphatic heterocycles. The van der Waals surface area contributed by atoms with Gasteiger partial charge in [0.2, 0.25) is 5.28 Å². The van der Waals surface area contributed by atoms with Gasteiger partial charge in [0.25, 0.3) is 0 Å². The van der Waals surface area contributed by atoms with Crippen LogP contribution in [-0.2, 0) is 4.74 Å². The number of rotatable bonds is 4. The summed E-state index contributed by atoms with van der Waals surface area (Å²) in [5.41, 5.74) is 2.47. The van der Waals surface area contributed by atoms with E-state index in [2.05, 4.69) is 20.0 Å². The van der Waals surface area contributed by atoms with Gasteiger partial charge >= 0.3 is 0 Å². The number of halogens is 1. The third-order valence-electron chi connectivity index (χ3n) is 4.22. The molecule has 0 spiro atoms. The van der Waals surface area contributed by atoms with Gasteiger partial charge in [0.15, 0.2) is 11.6 Å². The quantitative estimate of drug-likeness (QED) is 0.657. The average molecular weight is 372 g/mol. The zero-order valence-corrected chi connectivity index (χ0v) is 15.1. The molecule has 0 amide bonds. The number of anilines is 1. The summed E-state index contributed by atoms with van der Waals surface area (Å²) in [6.45, 7) is 2.76. The maximum atomic E-state index is 6.23. The zero-order chi connectivity index (χ0) is 17.9. The van der Waals surface area contributed by atoms with E-state index < -0.39 is 0 Å². The third-order valence-corrected chi connectivity index (χ3v) is 4.39. The molecule has 3 aromatic rings. The van der Waals surface area contributed by atoms with E-state index in [1.165, 1.54) is 0 Å². The van der Waals surface area contributed by atoms with Crippen LogP contribution < -0.4 is 9.64 Å². The second-order valence-corrected chi connectivity index (χ2v) is 6.14.